The monoisotopic (exact) mass is 326 g/mol. The third kappa shape index (κ3) is 2.10. The fourth-order valence-electron chi connectivity index (χ4n) is 5.05. The van der Waals surface area contributed by atoms with Gasteiger partial charge in [0, 0.05) is 12.8 Å². The van der Waals surface area contributed by atoms with Crippen molar-refractivity contribution < 1.29 is 19.1 Å². The number of halogens is 1. The van der Waals surface area contributed by atoms with E-state index in [-0.39, 0.29) is 28.7 Å². The SMILES string of the molecule is CC(=O)O[C@H]1C2C(C)(C)CCC[C@]2(C)C2=C(C(=O)OC2)[C@@H]1Cl. The van der Waals surface area contributed by atoms with Gasteiger partial charge in [-0.05, 0) is 29.2 Å². The third-order valence-electron chi connectivity index (χ3n) is 5.82. The molecule has 22 heavy (non-hydrogen) atoms. The van der Waals surface area contributed by atoms with E-state index in [0.717, 1.165) is 24.8 Å². The highest BCUT2D eigenvalue weighted by molar-refractivity contribution is 6.26. The van der Waals surface area contributed by atoms with Gasteiger partial charge in [0.25, 0.3) is 0 Å². The smallest absolute Gasteiger partial charge is 0.336 e. The Kier molecular flexibility index (Phi) is 3.59. The van der Waals surface area contributed by atoms with Crippen LogP contribution in [-0.2, 0) is 19.1 Å². The van der Waals surface area contributed by atoms with Gasteiger partial charge in [-0.2, -0.15) is 0 Å². The van der Waals surface area contributed by atoms with Gasteiger partial charge >= 0.3 is 11.9 Å². The van der Waals surface area contributed by atoms with Crippen molar-refractivity contribution in [2.24, 2.45) is 16.7 Å². The molecule has 3 rings (SSSR count). The summed E-state index contributed by atoms with van der Waals surface area (Å²) >= 11 is 6.60. The minimum Gasteiger partial charge on any atom is -0.460 e. The average Bonchev–Trinajstić information content (AvgIpc) is 2.77. The number of esters is 2. The van der Waals surface area contributed by atoms with Crippen LogP contribution in [0.3, 0.4) is 0 Å². The molecule has 0 bridgehead atoms. The zero-order valence-electron chi connectivity index (χ0n) is 13.6. The summed E-state index contributed by atoms with van der Waals surface area (Å²) in [7, 11) is 0. The standard InChI is InChI=1S/C17H23ClO4/c1-9(19)22-13-12(18)11-10(8-21-15(11)20)17(4)7-5-6-16(2,3)14(13)17/h12-14H,5-8H2,1-4H3/t12-,13+,14?,17+/m0/s1. The lowest BCUT2D eigenvalue weighted by atomic mass is 9.49. The van der Waals surface area contributed by atoms with Gasteiger partial charge < -0.3 is 9.47 Å². The van der Waals surface area contributed by atoms with Gasteiger partial charge in [0.1, 0.15) is 18.1 Å². The molecule has 0 N–H and O–H groups in total. The van der Waals surface area contributed by atoms with E-state index in [1.54, 1.807) is 0 Å². The van der Waals surface area contributed by atoms with E-state index in [0.29, 0.717) is 12.2 Å². The summed E-state index contributed by atoms with van der Waals surface area (Å²) in [6.07, 6.45) is 2.64. The molecule has 2 aliphatic carbocycles. The lowest BCUT2D eigenvalue weighted by Gasteiger charge is -2.56. The second-order valence-electron chi connectivity index (χ2n) is 7.68. The second-order valence-corrected chi connectivity index (χ2v) is 8.15. The zero-order valence-corrected chi connectivity index (χ0v) is 14.3. The van der Waals surface area contributed by atoms with Crippen LogP contribution in [0, 0.1) is 16.7 Å². The molecule has 1 saturated carbocycles. The van der Waals surface area contributed by atoms with Gasteiger partial charge in [-0.1, -0.05) is 27.2 Å². The first kappa shape index (κ1) is 15.9. The van der Waals surface area contributed by atoms with Crippen molar-refractivity contribution in [1.29, 1.82) is 0 Å². The molecule has 122 valence electrons. The Hall–Kier alpha value is -1.03. The van der Waals surface area contributed by atoms with E-state index in [1.165, 1.54) is 6.92 Å². The van der Waals surface area contributed by atoms with E-state index in [4.69, 9.17) is 21.1 Å². The summed E-state index contributed by atoms with van der Waals surface area (Å²) in [6, 6.07) is 0. The number of fused-ring (bicyclic) bond motifs is 2. The molecule has 0 aromatic carbocycles. The number of rotatable bonds is 1. The number of ether oxygens (including phenoxy) is 2. The Morgan fingerprint density at radius 1 is 1.32 bits per heavy atom. The Balaban J connectivity index is 2.16. The summed E-state index contributed by atoms with van der Waals surface area (Å²) in [5, 5.41) is -0.621. The Labute approximate surface area is 136 Å². The van der Waals surface area contributed by atoms with Gasteiger partial charge in [0.05, 0.1) is 5.57 Å². The zero-order chi connectivity index (χ0) is 16.3. The van der Waals surface area contributed by atoms with E-state index in [9.17, 15) is 9.59 Å². The number of alkyl halides is 1. The first-order valence-electron chi connectivity index (χ1n) is 7.90. The van der Waals surface area contributed by atoms with Crippen molar-refractivity contribution in [3.8, 4) is 0 Å². The lowest BCUT2D eigenvalue weighted by molar-refractivity contribution is -0.160. The molecular weight excluding hydrogens is 304 g/mol. The van der Waals surface area contributed by atoms with Crippen LogP contribution >= 0.6 is 11.6 Å². The molecule has 0 amide bonds. The van der Waals surface area contributed by atoms with Crippen molar-refractivity contribution in [2.45, 2.75) is 58.4 Å². The minimum atomic E-state index is -0.621. The van der Waals surface area contributed by atoms with Crippen molar-refractivity contribution in [3.63, 3.8) is 0 Å². The Morgan fingerprint density at radius 3 is 2.64 bits per heavy atom. The molecule has 0 spiro atoms. The molecule has 1 fully saturated rings. The van der Waals surface area contributed by atoms with E-state index in [2.05, 4.69) is 20.8 Å². The summed E-state index contributed by atoms with van der Waals surface area (Å²) in [5.74, 6) is -0.613. The molecule has 3 aliphatic rings. The molecular formula is C17H23ClO4. The first-order valence-corrected chi connectivity index (χ1v) is 8.34. The lowest BCUT2D eigenvalue weighted by Crippen LogP contribution is -2.57. The number of carbonyl (C=O) groups excluding carboxylic acids is 2. The highest BCUT2D eigenvalue weighted by atomic mass is 35.5. The van der Waals surface area contributed by atoms with Crippen molar-refractivity contribution in [1.82, 2.24) is 0 Å². The highest BCUT2D eigenvalue weighted by Gasteiger charge is 2.61. The van der Waals surface area contributed by atoms with Crippen molar-refractivity contribution >= 4 is 23.5 Å². The first-order chi connectivity index (χ1) is 10.2. The highest BCUT2D eigenvalue weighted by Crippen LogP contribution is 2.61. The molecule has 5 heteroatoms. The summed E-state index contributed by atoms with van der Waals surface area (Å²) in [6.45, 7) is 8.31. The van der Waals surface area contributed by atoms with Crippen LogP contribution in [0.25, 0.3) is 0 Å². The summed E-state index contributed by atoms with van der Waals surface area (Å²) in [5.41, 5.74) is 1.35. The van der Waals surface area contributed by atoms with Gasteiger partial charge in [0.15, 0.2) is 0 Å². The number of hydrogen-bond acceptors (Lipinski definition) is 4. The fraction of sp³-hybridized carbons (Fsp3) is 0.765. The number of cyclic esters (lactones) is 1. The quantitative estimate of drug-likeness (QED) is 0.548. The van der Waals surface area contributed by atoms with Crippen LogP contribution in [0.2, 0.25) is 0 Å². The molecule has 0 aromatic rings. The van der Waals surface area contributed by atoms with Crippen LogP contribution in [0.1, 0.15) is 47.0 Å². The normalized spacial score (nSPS) is 39.9. The number of carbonyl (C=O) groups is 2. The molecule has 0 aromatic heterocycles. The fourth-order valence-corrected chi connectivity index (χ4v) is 5.47. The summed E-state index contributed by atoms with van der Waals surface area (Å²) in [4.78, 5) is 23.7. The molecule has 0 radical (unpaired) electrons. The maximum atomic E-state index is 12.1. The average molecular weight is 327 g/mol. The van der Waals surface area contributed by atoms with Crippen molar-refractivity contribution in [3.05, 3.63) is 11.1 Å². The Morgan fingerprint density at radius 2 is 2.00 bits per heavy atom. The van der Waals surface area contributed by atoms with Crippen LogP contribution < -0.4 is 0 Å². The summed E-state index contributed by atoms with van der Waals surface area (Å²) < 4.78 is 10.9. The van der Waals surface area contributed by atoms with E-state index >= 15 is 0 Å². The van der Waals surface area contributed by atoms with Gasteiger partial charge in [-0.3, -0.25) is 4.79 Å². The largest absolute Gasteiger partial charge is 0.460 e. The molecule has 0 saturated heterocycles. The minimum absolute atomic E-state index is 0.00950. The topological polar surface area (TPSA) is 52.6 Å². The second kappa shape index (κ2) is 4.98. The van der Waals surface area contributed by atoms with Crippen molar-refractivity contribution in [2.75, 3.05) is 6.61 Å². The predicted octanol–water partition coefficient (Wildman–Crippen LogP) is 3.23. The maximum absolute atomic E-state index is 12.1. The molecule has 4 atom stereocenters. The van der Waals surface area contributed by atoms with Gasteiger partial charge in [-0.15, -0.1) is 11.6 Å². The van der Waals surface area contributed by atoms with Crippen LogP contribution in [-0.4, -0.2) is 30.0 Å². The third-order valence-corrected chi connectivity index (χ3v) is 6.29. The van der Waals surface area contributed by atoms with Crippen LogP contribution in [0.15, 0.2) is 11.1 Å². The van der Waals surface area contributed by atoms with Crippen LogP contribution in [0.5, 0.6) is 0 Å². The molecule has 1 heterocycles. The van der Waals surface area contributed by atoms with Crippen LogP contribution in [0.4, 0.5) is 0 Å². The predicted molar refractivity (Wildman–Crippen MR) is 82.4 cm³/mol. The van der Waals surface area contributed by atoms with E-state index in [1.807, 2.05) is 0 Å². The number of hydrogen-bond donors (Lipinski definition) is 0. The Bertz CT molecular complexity index is 565. The van der Waals surface area contributed by atoms with Gasteiger partial charge in [-0.25, -0.2) is 4.79 Å². The molecule has 4 nitrogen and oxygen atoms in total. The maximum Gasteiger partial charge on any atom is 0.336 e. The van der Waals surface area contributed by atoms with Gasteiger partial charge in [0.2, 0.25) is 0 Å². The molecule has 1 unspecified atom stereocenters. The van der Waals surface area contributed by atoms with E-state index < -0.39 is 11.5 Å². The molecule has 1 aliphatic heterocycles.